The van der Waals surface area contributed by atoms with Crippen LogP contribution in [-0.4, -0.2) is 23.4 Å². The average molecular weight is 508 g/mol. The van der Waals surface area contributed by atoms with Crippen molar-refractivity contribution in [1.82, 2.24) is 10.3 Å². The minimum atomic E-state index is -4.71. The Morgan fingerprint density at radius 2 is 1.75 bits per heavy atom. The van der Waals surface area contributed by atoms with Crippen LogP contribution in [0, 0.1) is 6.92 Å². The van der Waals surface area contributed by atoms with Gasteiger partial charge in [0, 0.05) is 34.1 Å². The quantitative estimate of drug-likeness (QED) is 0.388. The van der Waals surface area contributed by atoms with Crippen LogP contribution in [0.1, 0.15) is 36.8 Å². The van der Waals surface area contributed by atoms with Crippen molar-refractivity contribution in [2.45, 2.75) is 57.6 Å². The van der Waals surface area contributed by atoms with Gasteiger partial charge < -0.3 is 15.4 Å². The van der Waals surface area contributed by atoms with Crippen molar-refractivity contribution >= 4 is 32.7 Å². The van der Waals surface area contributed by atoms with Crippen LogP contribution in [0.5, 0.6) is 5.75 Å². The summed E-state index contributed by atoms with van der Waals surface area (Å²) in [7, 11) is 0. The van der Waals surface area contributed by atoms with E-state index in [1.807, 2.05) is 18.2 Å². The van der Waals surface area contributed by atoms with Gasteiger partial charge >= 0.3 is 6.36 Å². The molecule has 2 N–H and O–H groups in total. The van der Waals surface area contributed by atoms with E-state index in [2.05, 4.69) is 50.4 Å². The topological polar surface area (TPSA) is 46.2 Å². The van der Waals surface area contributed by atoms with Crippen LogP contribution in [-0.2, 0) is 6.54 Å². The SMILES string of the molecule is Cc1cc(NC2CCC(NCc3ccc(Br)cc3OC(F)(F)F)CC2)nc2ccccc12. The van der Waals surface area contributed by atoms with Crippen LogP contribution in [0.3, 0.4) is 0 Å². The Balaban J connectivity index is 1.31. The number of nitrogens with zero attached hydrogens (tertiary/aromatic N) is 1. The van der Waals surface area contributed by atoms with Crippen LogP contribution in [0.4, 0.5) is 19.0 Å². The standard InChI is InChI=1S/C24H25BrF3N3O/c1-15-12-23(31-21-5-3-2-4-20(15)21)30-19-10-8-18(9-11-19)29-14-16-6-7-17(25)13-22(16)32-24(26,27)28/h2-7,12-13,18-19,29H,8-11,14H2,1H3,(H,30,31). The van der Waals surface area contributed by atoms with E-state index >= 15 is 0 Å². The zero-order chi connectivity index (χ0) is 22.7. The molecule has 0 saturated heterocycles. The number of pyridine rings is 1. The Kier molecular flexibility index (Phi) is 6.90. The minimum Gasteiger partial charge on any atom is -0.405 e. The molecule has 1 saturated carbocycles. The molecule has 170 valence electrons. The molecule has 1 aromatic heterocycles. The maximum absolute atomic E-state index is 12.7. The predicted octanol–water partition coefficient (Wildman–Crippen LogP) is 6.72. The van der Waals surface area contributed by atoms with Crippen LogP contribution < -0.4 is 15.4 Å². The molecule has 1 aliphatic carbocycles. The number of alkyl halides is 3. The summed E-state index contributed by atoms with van der Waals surface area (Å²) in [5.74, 6) is 0.717. The molecule has 0 amide bonds. The number of para-hydroxylation sites is 1. The second kappa shape index (κ2) is 9.67. The maximum Gasteiger partial charge on any atom is 0.573 e. The molecule has 1 fully saturated rings. The highest BCUT2D eigenvalue weighted by atomic mass is 79.9. The first-order valence-corrected chi connectivity index (χ1v) is 11.5. The third kappa shape index (κ3) is 5.92. The van der Waals surface area contributed by atoms with E-state index in [0.717, 1.165) is 42.4 Å². The van der Waals surface area contributed by atoms with Gasteiger partial charge in [-0.1, -0.05) is 40.2 Å². The van der Waals surface area contributed by atoms with E-state index in [1.165, 1.54) is 11.6 Å². The highest BCUT2D eigenvalue weighted by Gasteiger charge is 2.32. The number of aromatic nitrogens is 1. The lowest BCUT2D eigenvalue weighted by atomic mass is 9.91. The Labute approximate surface area is 193 Å². The normalized spacial score (nSPS) is 19.2. The van der Waals surface area contributed by atoms with Crippen LogP contribution in [0.2, 0.25) is 0 Å². The molecule has 0 aliphatic heterocycles. The molecular formula is C24H25BrF3N3O. The van der Waals surface area contributed by atoms with E-state index < -0.39 is 6.36 Å². The number of fused-ring (bicyclic) bond motifs is 1. The molecule has 0 bridgehead atoms. The predicted molar refractivity (Wildman–Crippen MR) is 124 cm³/mol. The second-order valence-corrected chi connectivity index (χ2v) is 9.13. The van der Waals surface area contributed by atoms with E-state index in [9.17, 15) is 13.2 Å². The van der Waals surface area contributed by atoms with Crippen molar-refractivity contribution in [2.75, 3.05) is 5.32 Å². The molecule has 1 aliphatic rings. The number of nitrogens with one attached hydrogen (secondary N) is 2. The molecule has 2 aromatic carbocycles. The number of aryl methyl sites for hydroxylation is 1. The van der Waals surface area contributed by atoms with E-state index in [4.69, 9.17) is 4.98 Å². The van der Waals surface area contributed by atoms with Crippen molar-refractivity contribution in [3.63, 3.8) is 0 Å². The lowest BCUT2D eigenvalue weighted by Crippen LogP contribution is -2.36. The second-order valence-electron chi connectivity index (χ2n) is 8.22. The summed E-state index contributed by atoms with van der Waals surface area (Å²) in [6.45, 7) is 2.42. The molecule has 4 nitrogen and oxygen atoms in total. The Bertz CT molecular complexity index is 1080. The van der Waals surface area contributed by atoms with E-state index in [-0.39, 0.29) is 11.8 Å². The zero-order valence-electron chi connectivity index (χ0n) is 17.7. The first-order valence-electron chi connectivity index (χ1n) is 10.7. The number of ether oxygens (including phenoxy) is 1. The Morgan fingerprint density at radius 1 is 1.03 bits per heavy atom. The highest BCUT2D eigenvalue weighted by molar-refractivity contribution is 9.10. The van der Waals surface area contributed by atoms with Crippen molar-refractivity contribution in [2.24, 2.45) is 0 Å². The summed E-state index contributed by atoms with van der Waals surface area (Å²) in [5, 5.41) is 8.12. The summed E-state index contributed by atoms with van der Waals surface area (Å²) in [4.78, 5) is 4.73. The number of anilines is 1. The smallest absolute Gasteiger partial charge is 0.405 e. The van der Waals surface area contributed by atoms with Crippen LogP contribution in [0.15, 0.2) is 53.0 Å². The molecule has 8 heteroatoms. The average Bonchev–Trinajstić information content (AvgIpc) is 2.73. The van der Waals surface area contributed by atoms with Gasteiger partial charge in [0.25, 0.3) is 0 Å². The summed E-state index contributed by atoms with van der Waals surface area (Å²) in [5.41, 5.74) is 2.66. The van der Waals surface area contributed by atoms with Crippen LogP contribution in [0.25, 0.3) is 10.9 Å². The molecule has 3 aromatic rings. The third-order valence-electron chi connectivity index (χ3n) is 5.84. The number of hydrogen-bond donors (Lipinski definition) is 2. The molecule has 0 spiro atoms. The van der Waals surface area contributed by atoms with Crippen molar-refractivity contribution in [1.29, 1.82) is 0 Å². The first-order chi connectivity index (χ1) is 15.3. The third-order valence-corrected chi connectivity index (χ3v) is 6.33. The fourth-order valence-corrected chi connectivity index (χ4v) is 4.56. The molecule has 0 unspecified atom stereocenters. The van der Waals surface area contributed by atoms with Gasteiger partial charge in [0.2, 0.25) is 0 Å². The lowest BCUT2D eigenvalue weighted by Gasteiger charge is -2.30. The molecule has 32 heavy (non-hydrogen) atoms. The number of benzene rings is 2. The Morgan fingerprint density at radius 3 is 2.50 bits per heavy atom. The summed E-state index contributed by atoms with van der Waals surface area (Å²) >= 11 is 3.20. The fraction of sp³-hybridized carbons (Fsp3) is 0.375. The maximum atomic E-state index is 12.7. The van der Waals surface area contributed by atoms with Crippen LogP contribution >= 0.6 is 15.9 Å². The fourth-order valence-electron chi connectivity index (χ4n) is 4.22. The molecule has 0 radical (unpaired) electrons. The van der Waals surface area contributed by atoms with Gasteiger partial charge in [-0.3, -0.25) is 0 Å². The molecular weight excluding hydrogens is 483 g/mol. The van der Waals surface area contributed by atoms with E-state index in [1.54, 1.807) is 12.1 Å². The molecule has 1 heterocycles. The van der Waals surface area contributed by atoms with Gasteiger partial charge in [-0.05, 0) is 62.4 Å². The van der Waals surface area contributed by atoms with Gasteiger partial charge in [-0.25, -0.2) is 4.98 Å². The zero-order valence-corrected chi connectivity index (χ0v) is 19.3. The van der Waals surface area contributed by atoms with E-state index in [0.29, 0.717) is 22.6 Å². The highest BCUT2D eigenvalue weighted by Crippen LogP contribution is 2.30. The van der Waals surface area contributed by atoms with Gasteiger partial charge in [0.1, 0.15) is 11.6 Å². The first kappa shape index (κ1) is 22.9. The number of hydrogen-bond acceptors (Lipinski definition) is 4. The summed E-state index contributed by atoms with van der Waals surface area (Å²) in [6, 6.07) is 15.5. The Hall–Kier alpha value is -2.32. The number of rotatable bonds is 6. The summed E-state index contributed by atoms with van der Waals surface area (Å²) in [6.07, 6.45) is -0.893. The van der Waals surface area contributed by atoms with Gasteiger partial charge in [0.15, 0.2) is 0 Å². The molecule has 4 rings (SSSR count). The lowest BCUT2D eigenvalue weighted by molar-refractivity contribution is -0.274. The monoisotopic (exact) mass is 507 g/mol. The van der Waals surface area contributed by atoms with Crippen molar-refractivity contribution in [3.05, 3.63) is 64.1 Å². The number of halogens is 4. The van der Waals surface area contributed by atoms with Gasteiger partial charge in [-0.15, -0.1) is 13.2 Å². The van der Waals surface area contributed by atoms with Crippen molar-refractivity contribution in [3.8, 4) is 5.75 Å². The van der Waals surface area contributed by atoms with Gasteiger partial charge in [-0.2, -0.15) is 0 Å². The molecule has 0 atom stereocenters. The largest absolute Gasteiger partial charge is 0.573 e. The summed E-state index contributed by atoms with van der Waals surface area (Å²) < 4.78 is 42.9. The van der Waals surface area contributed by atoms with Crippen molar-refractivity contribution < 1.29 is 17.9 Å². The van der Waals surface area contributed by atoms with Gasteiger partial charge in [0.05, 0.1) is 5.52 Å². The minimum absolute atomic E-state index is 0.174.